The zero-order chi connectivity index (χ0) is 15.0. The highest BCUT2D eigenvalue weighted by Gasteiger charge is 2.37. The van der Waals surface area contributed by atoms with Crippen molar-refractivity contribution in [2.45, 2.75) is 11.7 Å². The molecule has 0 N–H and O–H groups in total. The second kappa shape index (κ2) is 5.44. The maximum absolute atomic E-state index is 12.0. The zero-order valence-electron chi connectivity index (χ0n) is 10.9. The minimum absolute atomic E-state index is 0.0610. The minimum atomic E-state index is -3.72. The van der Waals surface area contributed by atoms with Gasteiger partial charge in [-0.25, -0.2) is 8.42 Å². The molecule has 110 valence electrons. The lowest BCUT2D eigenvalue weighted by molar-refractivity contribution is -0.117. The number of benzene rings is 1. The van der Waals surface area contributed by atoms with Crippen LogP contribution in [-0.4, -0.2) is 26.1 Å². The number of halogens is 1. The molecule has 1 amide bonds. The lowest BCUT2D eigenvalue weighted by atomic mass is 10.1. The molecule has 1 unspecified atom stereocenters. The van der Waals surface area contributed by atoms with Gasteiger partial charge < -0.3 is 4.90 Å². The monoisotopic (exact) mass is 341 g/mol. The Morgan fingerprint density at radius 3 is 2.67 bits per heavy atom. The smallest absolute Gasteiger partial charge is 0.237 e. The number of amides is 1. The Balaban J connectivity index is 1.91. The third-order valence-corrected chi connectivity index (χ3v) is 6.05. The molecule has 1 fully saturated rings. The summed E-state index contributed by atoms with van der Waals surface area (Å²) in [7, 11) is 1.65. The molecular formula is C14H12ClNO3S2. The molecule has 7 heteroatoms. The number of hydrogen-bond acceptors (Lipinski definition) is 4. The van der Waals surface area contributed by atoms with Crippen molar-refractivity contribution in [3.05, 3.63) is 41.1 Å². The van der Waals surface area contributed by atoms with Crippen LogP contribution in [-0.2, 0) is 13.8 Å². The van der Waals surface area contributed by atoms with Crippen LogP contribution < -0.4 is 4.90 Å². The van der Waals surface area contributed by atoms with Gasteiger partial charge in [0.25, 0.3) is 0 Å². The van der Waals surface area contributed by atoms with Crippen molar-refractivity contribution in [2.75, 3.05) is 11.4 Å². The van der Waals surface area contributed by atoms with Gasteiger partial charge in [0.1, 0.15) is 5.25 Å². The summed E-state index contributed by atoms with van der Waals surface area (Å²) < 4.78 is 22.8. The molecule has 2 heterocycles. The minimum Gasteiger partial charge on any atom is -0.311 e. The maximum Gasteiger partial charge on any atom is 0.237 e. The highest BCUT2D eigenvalue weighted by atomic mass is 35.7. The van der Waals surface area contributed by atoms with Crippen molar-refractivity contribution in [3.63, 3.8) is 0 Å². The average Bonchev–Trinajstić information content (AvgIpc) is 3.07. The van der Waals surface area contributed by atoms with Gasteiger partial charge in [-0.1, -0.05) is 12.1 Å². The molecule has 0 radical (unpaired) electrons. The van der Waals surface area contributed by atoms with E-state index < -0.39 is 14.3 Å². The number of carbonyl (C=O) groups is 1. The van der Waals surface area contributed by atoms with Crippen molar-refractivity contribution in [1.82, 2.24) is 0 Å². The van der Waals surface area contributed by atoms with Gasteiger partial charge in [0, 0.05) is 29.3 Å². The molecule has 0 saturated carbocycles. The zero-order valence-corrected chi connectivity index (χ0v) is 13.3. The van der Waals surface area contributed by atoms with E-state index in [1.165, 1.54) is 4.90 Å². The van der Waals surface area contributed by atoms with E-state index in [0.29, 0.717) is 5.69 Å². The quantitative estimate of drug-likeness (QED) is 0.806. The second-order valence-electron chi connectivity index (χ2n) is 4.87. The van der Waals surface area contributed by atoms with Crippen LogP contribution in [0.25, 0.3) is 11.1 Å². The highest BCUT2D eigenvalue weighted by molar-refractivity contribution is 8.14. The Kier molecular flexibility index (Phi) is 3.77. The Morgan fingerprint density at radius 1 is 1.24 bits per heavy atom. The Hall–Kier alpha value is -1.37. The van der Waals surface area contributed by atoms with Crippen LogP contribution in [0.5, 0.6) is 0 Å². The summed E-state index contributed by atoms with van der Waals surface area (Å²) in [6.45, 7) is 0.109. The molecular weight excluding hydrogens is 330 g/mol. The van der Waals surface area contributed by atoms with E-state index in [4.69, 9.17) is 10.7 Å². The van der Waals surface area contributed by atoms with E-state index in [2.05, 4.69) is 0 Å². The van der Waals surface area contributed by atoms with Crippen molar-refractivity contribution in [1.29, 1.82) is 0 Å². The van der Waals surface area contributed by atoms with Crippen LogP contribution in [0.3, 0.4) is 0 Å². The molecule has 0 spiro atoms. The second-order valence-corrected chi connectivity index (χ2v) is 8.56. The van der Waals surface area contributed by atoms with Gasteiger partial charge in [0.05, 0.1) is 0 Å². The van der Waals surface area contributed by atoms with Gasteiger partial charge in [0.2, 0.25) is 15.0 Å². The van der Waals surface area contributed by atoms with E-state index in [0.717, 1.165) is 11.1 Å². The van der Waals surface area contributed by atoms with Crippen LogP contribution in [0.4, 0.5) is 5.69 Å². The first-order valence-electron chi connectivity index (χ1n) is 6.31. The first-order chi connectivity index (χ1) is 9.95. The van der Waals surface area contributed by atoms with Crippen LogP contribution in [0, 0.1) is 0 Å². The highest BCUT2D eigenvalue weighted by Crippen LogP contribution is 2.30. The maximum atomic E-state index is 12.0. The third-order valence-electron chi connectivity index (χ3n) is 3.50. The van der Waals surface area contributed by atoms with E-state index in [9.17, 15) is 13.2 Å². The summed E-state index contributed by atoms with van der Waals surface area (Å²) in [6, 6.07) is 9.52. The number of nitrogens with zero attached hydrogens (tertiary/aromatic N) is 1. The predicted molar refractivity (Wildman–Crippen MR) is 85.3 cm³/mol. The van der Waals surface area contributed by atoms with Crippen molar-refractivity contribution in [3.8, 4) is 11.1 Å². The van der Waals surface area contributed by atoms with E-state index >= 15 is 0 Å². The van der Waals surface area contributed by atoms with Crippen molar-refractivity contribution >= 4 is 42.7 Å². The predicted octanol–water partition coefficient (Wildman–Crippen LogP) is 3.09. The van der Waals surface area contributed by atoms with Crippen molar-refractivity contribution < 1.29 is 13.2 Å². The largest absolute Gasteiger partial charge is 0.311 e. The summed E-state index contributed by atoms with van der Waals surface area (Å²) in [6.07, 6.45) is -0.0610. The topological polar surface area (TPSA) is 54.5 Å². The molecule has 3 rings (SSSR count). The molecule has 1 aromatic heterocycles. The normalized spacial score (nSPS) is 19.2. The number of hydrogen-bond donors (Lipinski definition) is 0. The Labute approximate surface area is 131 Å². The van der Waals surface area contributed by atoms with Crippen LogP contribution in [0.1, 0.15) is 6.42 Å². The summed E-state index contributed by atoms with van der Waals surface area (Å²) in [4.78, 5) is 13.5. The van der Waals surface area contributed by atoms with E-state index in [-0.39, 0.29) is 18.9 Å². The van der Waals surface area contributed by atoms with Gasteiger partial charge in [-0.3, -0.25) is 4.79 Å². The number of anilines is 1. The Morgan fingerprint density at radius 2 is 2.05 bits per heavy atom. The fourth-order valence-electron chi connectivity index (χ4n) is 2.40. The fourth-order valence-corrected chi connectivity index (χ4v) is 4.09. The lowest BCUT2D eigenvalue weighted by Crippen LogP contribution is -2.26. The van der Waals surface area contributed by atoms with Gasteiger partial charge in [-0.2, -0.15) is 11.3 Å². The molecule has 1 aliphatic heterocycles. The lowest BCUT2D eigenvalue weighted by Gasteiger charge is -2.17. The number of rotatable bonds is 3. The standard InChI is InChI=1S/C14H12ClNO3S2/c15-21(18,19)13-7-14(17)16(8-13)12-3-1-2-10(6-12)11-4-5-20-9-11/h1-6,9,13H,7-8H2. The summed E-state index contributed by atoms with van der Waals surface area (Å²) >= 11 is 1.60. The SMILES string of the molecule is O=C1CC(S(=O)(=O)Cl)CN1c1cccc(-c2ccsc2)c1. The average molecular weight is 342 g/mol. The Bertz CT molecular complexity index is 771. The summed E-state index contributed by atoms with van der Waals surface area (Å²) in [5.74, 6) is -0.216. The van der Waals surface area contributed by atoms with Crippen LogP contribution in [0.15, 0.2) is 41.1 Å². The third kappa shape index (κ3) is 2.97. The molecule has 1 atom stereocenters. The van der Waals surface area contributed by atoms with Crippen LogP contribution >= 0.6 is 22.0 Å². The van der Waals surface area contributed by atoms with E-state index in [1.54, 1.807) is 17.4 Å². The first-order valence-corrected chi connectivity index (χ1v) is 9.63. The fraction of sp³-hybridized carbons (Fsp3) is 0.214. The molecule has 2 aromatic rings. The summed E-state index contributed by atoms with van der Waals surface area (Å²) in [5.41, 5.74) is 2.78. The van der Waals surface area contributed by atoms with Gasteiger partial charge in [-0.05, 0) is 40.1 Å². The molecule has 21 heavy (non-hydrogen) atoms. The molecule has 4 nitrogen and oxygen atoms in total. The van der Waals surface area contributed by atoms with E-state index in [1.807, 2.05) is 35.0 Å². The summed E-state index contributed by atoms with van der Waals surface area (Å²) in [5, 5.41) is 3.17. The van der Waals surface area contributed by atoms with Gasteiger partial charge in [-0.15, -0.1) is 0 Å². The van der Waals surface area contributed by atoms with Gasteiger partial charge >= 0.3 is 0 Å². The number of thiophene rings is 1. The molecule has 0 bridgehead atoms. The van der Waals surface area contributed by atoms with Gasteiger partial charge in [0.15, 0.2) is 0 Å². The van der Waals surface area contributed by atoms with Crippen LogP contribution in [0.2, 0.25) is 0 Å². The molecule has 0 aliphatic carbocycles. The molecule has 1 aliphatic rings. The first kappa shape index (κ1) is 14.6. The molecule has 1 saturated heterocycles. The number of carbonyl (C=O) groups excluding carboxylic acids is 1. The molecule has 1 aromatic carbocycles. The van der Waals surface area contributed by atoms with Crippen molar-refractivity contribution in [2.24, 2.45) is 0 Å².